The molecule has 2 atom stereocenters. The monoisotopic (exact) mass is 248 g/mol. The third-order valence-corrected chi connectivity index (χ3v) is 4.01. The third kappa shape index (κ3) is 3.66. The van der Waals surface area contributed by atoms with Gasteiger partial charge in [-0.1, -0.05) is 39.5 Å². The Hall–Kier alpha value is -1.18. The molecule has 1 aliphatic rings. The quantitative estimate of drug-likeness (QED) is 0.719. The lowest BCUT2D eigenvalue weighted by atomic mass is 10.0. The molecular formula is C16H28N2. The molecule has 1 rings (SSSR count). The van der Waals surface area contributed by atoms with Crippen LogP contribution in [0.15, 0.2) is 36.3 Å². The van der Waals surface area contributed by atoms with Gasteiger partial charge in [-0.05, 0) is 32.1 Å². The van der Waals surface area contributed by atoms with E-state index in [0.717, 1.165) is 18.7 Å². The Morgan fingerprint density at radius 2 is 2.17 bits per heavy atom. The van der Waals surface area contributed by atoms with E-state index < -0.39 is 0 Å². The average Bonchev–Trinajstić information content (AvgIpc) is 2.58. The molecule has 0 amide bonds. The predicted octanol–water partition coefficient (Wildman–Crippen LogP) is 4.02. The van der Waals surface area contributed by atoms with Crippen LogP contribution in [-0.2, 0) is 0 Å². The summed E-state index contributed by atoms with van der Waals surface area (Å²) in [5, 5.41) is 0. The predicted molar refractivity (Wildman–Crippen MR) is 79.7 cm³/mol. The van der Waals surface area contributed by atoms with Crippen molar-refractivity contribution in [2.45, 2.75) is 46.5 Å². The Kier molecular flexibility index (Phi) is 5.52. The lowest BCUT2D eigenvalue weighted by Gasteiger charge is -2.21. The second-order valence-corrected chi connectivity index (χ2v) is 5.50. The zero-order chi connectivity index (χ0) is 13.7. The van der Waals surface area contributed by atoms with Crippen molar-refractivity contribution in [2.75, 3.05) is 6.54 Å². The largest absolute Gasteiger partial charge is 0.402 e. The molecule has 102 valence electrons. The molecule has 0 radical (unpaired) electrons. The van der Waals surface area contributed by atoms with Crippen LogP contribution in [0, 0.1) is 11.8 Å². The van der Waals surface area contributed by atoms with Crippen LogP contribution in [0.2, 0.25) is 0 Å². The van der Waals surface area contributed by atoms with Gasteiger partial charge in [-0.15, -0.1) is 0 Å². The van der Waals surface area contributed by atoms with Gasteiger partial charge in [0.2, 0.25) is 0 Å². The van der Waals surface area contributed by atoms with E-state index in [2.05, 4.69) is 31.9 Å². The van der Waals surface area contributed by atoms with Gasteiger partial charge in [0.25, 0.3) is 0 Å². The Labute approximate surface area is 112 Å². The van der Waals surface area contributed by atoms with Crippen LogP contribution in [0.1, 0.15) is 46.5 Å². The molecular weight excluding hydrogens is 220 g/mol. The van der Waals surface area contributed by atoms with Crippen molar-refractivity contribution in [1.82, 2.24) is 4.90 Å². The Bertz CT molecular complexity index is 341. The first-order valence-electron chi connectivity index (χ1n) is 7.03. The number of nitrogens with two attached hydrogens (primary N) is 1. The molecule has 2 unspecified atom stereocenters. The maximum absolute atomic E-state index is 5.91. The fourth-order valence-electron chi connectivity index (χ4n) is 2.52. The summed E-state index contributed by atoms with van der Waals surface area (Å²) in [4.78, 5) is 2.30. The van der Waals surface area contributed by atoms with Crippen molar-refractivity contribution in [3.8, 4) is 0 Å². The number of hydrogen-bond acceptors (Lipinski definition) is 2. The zero-order valence-corrected chi connectivity index (χ0v) is 12.2. The molecule has 2 heteroatoms. The first-order chi connectivity index (χ1) is 8.47. The lowest BCUT2D eigenvalue weighted by Crippen LogP contribution is -2.18. The Morgan fingerprint density at radius 3 is 2.67 bits per heavy atom. The SMILES string of the molecule is C=C1CC(C)C(=C)N1CCCCC(C)/C(N)=C/C. The van der Waals surface area contributed by atoms with E-state index in [1.807, 2.05) is 13.0 Å². The first-order valence-corrected chi connectivity index (χ1v) is 7.03. The number of nitrogens with zero attached hydrogens (tertiary/aromatic N) is 1. The van der Waals surface area contributed by atoms with Gasteiger partial charge in [-0.25, -0.2) is 0 Å². The van der Waals surface area contributed by atoms with Crippen molar-refractivity contribution in [2.24, 2.45) is 17.6 Å². The standard InChI is InChI=1S/C16H28N2/c1-6-16(17)12(2)9-7-8-10-18-14(4)11-13(3)15(18)5/h6,12-13H,4-5,7-11,17H2,1-3H3/b16-6-. The summed E-state index contributed by atoms with van der Waals surface area (Å²) >= 11 is 0. The van der Waals surface area contributed by atoms with Crippen LogP contribution >= 0.6 is 0 Å². The summed E-state index contributed by atoms with van der Waals surface area (Å²) in [6.45, 7) is 15.8. The first kappa shape index (κ1) is 14.9. The number of hydrogen-bond donors (Lipinski definition) is 1. The highest BCUT2D eigenvalue weighted by atomic mass is 15.2. The number of rotatable bonds is 6. The molecule has 18 heavy (non-hydrogen) atoms. The smallest absolute Gasteiger partial charge is 0.0224 e. The summed E-state index contributed by atoms with van der Waals surface area (Å²) in [5.41, 5.74) is 9.39. The van der Waals surface area contributed by atoms with Gasteiger partial charge in [0.05, 0.1) is 0 Å². The van der Waals surface area contributed by atoms with Crippen LogP contribution in [0.5, 0.6) is 0 Å². The molecule has 0 aromatic carbocycles. The molecule has 0 aromatic heterocycles. The lowest BCUT2D eigenvalue weighted by molar-refractivity contribution is 0.417. The molecule has 0 bridgehead atoms. The van der Waals surface area contributed by atoms with Crippen molar-refractivity contribution < 1.29 is 0 Å². The van der Waals surface area contributed by atoms with Crippen LogP contribution in [0.4, 0.5) is 0 Å². The van der Waals surface area contributed by atoms with Gasteiger partial charge >= 0.3 is 0 Å². The number of allylic oxidation sites excluding steroid dienone is 4. The van der Waals surface area contributed by atoms with E-state index in [4.69, 9.17) is 5.73 Å². The van der Waals surface area contributed by atoms with Crippen molar-refractivity contribution in [3.63, 3.8) is 0 Å². The minimum atomic E-state index is 0.499. The highest BCUT2D eigenvalue weighted by molar-refractivity contribution is 5.18. The summed E-state index contributed by atoms with van der Waals surface area (Å²) in [7, 11) is 0. The van der Waals surface area contributed by atoms with Gasteiger partial charge in [-0.2, -0.15) is 0 Å². The van der Waals surface area contributed by atoms with Gasteiger partial charge in [-0.3, -0.25) is 0 Å². The van der Waals surface area contributed by atoms with Crippen LogP contribution in [-0.4, -0.2) is 11.4 Å². The zero-order valence-electron chi connectivity index (χ0n) is 12.2. The van der Waals surface area contributed by atoms with E-state index in [9.17, 15) is 0 Å². The summed E-state index contributed by atoms with van der Waals surface area (Å²) in [6, 6.07) is 0. The van der Waals surface area contributed by atoms with E-state index in [-0.39, 0.29) is 0 Å². The second-order valence-electron chi connectivity index (χ2n) is 5.50. The highest BCUT2D eigenvalue weighted by Gasteiger charge is 2.25. The van der Waals surface area contributed by atoms with Gasteiger partial charge < -0.3 is 10.6 Å². The number of unbranched alkanes of at least 4 members (excludes halogenated alkanes) is 1. The van der Waals surface area contributed by atoms with Crippen molar-refractivity contribution in [1.29, 1.82) is 0 Å². The maximum atomic E-state index is 5.91. The van der Waals surface area contributed by atoms with Crippen molar-refractivity contribution in [3.05, 3.63) is 36.3 Å². The molecule has 2 nitrogen and oxygen atoms in total. The van der Waals surface area contributed by atoms with Gasteiger partial charge in [0.1, 0.15) is 0 Å². The minimum absolute atomic E-state index is 0.499. The molecule has 1 fully saturated rings. The van der Waals surface area contributed by atoms with E-state index in [1.165, 1.54) is 30.7 Å². The van der Waals surface area contributed by atoms with Crippen LogP contribution < -0.4 is 5.73 Å². The van der Waals surface area contributed by atoms with Gasteiger partial charge in [0.15, 0.2) is 0 Å². The third-order valence-electron chi connectivity index (χ3n) is 4.01. The molecule has 0 aliphatic carbocycles. The number of likely N-dealkylation sites (tertiary alicyclic amines) is 1. The molecule has 0 saturated carbocycles. The van der Waals surface area contributed by atoms with Gasteiger partial charge in [0, 0.05) is 29.6 Å². The fraction of sp³-hybridized carbons (Fsp3) is 0.625. The fourth-order valence-corrected chi connectivity index (χ4v) is 2.52. The van der Waals surface area contributed by atoms with Crippen LogP contribution in [0.3, 0.4) is 0 Å². The topological polar surface area (TPSA) is 29.3 Å². The molecule has 0 spiro atoms. The molecule has 2 N–H and O–H groups in total. The van der Waals surface area contributed by atoms with Crippen LogP contribution in [0.25, 0.3) is 0 Å². The van der Waals surface area contributed by atoms with E-state index >= 15 is 0 Å². The normalized spacial score (nSPS) is 22.7. The second kappa shape index (κ2) is 6.67. The molecule has 1 aliphatic heterocycles. The average molecular weight is 248 g/mol. The van der Waals surface area contributed by atoms with E-state index in [1.54, 1.807) is 0 Å². The molecule has 1 saturated heterocycles. The maximum Gasteiger partial charge on any atom is 0.0224 e. The molecule has 1 heterocycles. The summed E-state index contributed by atoms with van der Waals surface area (Å²) < 4.78 is 0. The van der Waals surface area contributed by atoms with Crippen molar-refractivity contribution >= 4 is 0 Å². The molecule has 0 aromatic rings. The highest BCUT2D eigenvalue weighted by Crippen LogP contribution is 2.33. The Morgan fingerprint density at radius 1 is 1.50 bits per heavy atom. The van der Waals surface area contributed by atoms with E-state index in [0.29, 0.717) is 11.8 Å². The summed E-state index contributed by atoms with van der Waals surface area (Å²) in [6.07, 6.45) is 6.64. The minimum Gasteiger partial charge on any atom is -0.402 e. The summed E-state index contributed by atoms with van der Waals surface area (Å²) in [5.74, 6) is 1.06. The Balaban J connectivity index is 2.27.